The van der Waals surface area contributed by atoms with E-state index in [9.17, 15) is 9.18 Å². The molecule has 40 heavy (non-hydrogen) atoms. The molecule has 1 N–H and O–H groups in total. The minimum atomic E-state index is -0.293. The minimum Gasteiger partial charge on any atom is -0.487 e. The first-order chi connectivity index (χ1) is 19.4. The number of ether oxygens (including phenoxy) is 1. The fourth-order valence-corrected chi connectivity index (χ4v) is 6.36. The van der Waals surface area contributed by atoms with Crippen LogP contribution in [0.15, 0.2) is 108 Å². The van der Waals surface area contributed by atoms with Gasteiger partial charge in [0.25, 0.3) is 5.91 Å². The highest BCUT2D eigenvalue weighted by Gasteiger charge is 2.12. The van der Waals surface area contributed by atoms with Crippen LogP contribution in [-0.2, 0) is 6.61 Å². The number of hydrogen-bond acceptors (Lipinski definition) is 3. The maximum absolute atomic E-state index is 13.1. The van der Waals surface area contributed by atoms with Gasteiger partial charge in [-0.1, -0.05) is 42.5 Å². The molecule has 5 nitrogen and oxygen atoms in total. The summed E-state index contributed by atoms with van der Waals surface area (Å²) in [5.74, 6) is 0.184. The average molecular weight is 755 g/mol. The van der Waals surface area contributed by atoms with Crippen LogP contribution >= 0.6 is 45.2 Å². The highest BCUT2D eigenvalue weighted by Crippen LogP contribution is 2.30. The topological polar surface area (TPSA) is 55.6 Å². The van der Waals surface area contributed by atoms with Crippen molar-refractivity contribution in [1.29, 1.82) is 0 Å². The number of aromatic nitrogens is 1. The monoisotopic (exact) mass is 755 g/mol. The number of hydrazone groups is 1. The fraction of sp³-hybridized carbons (Fsp3) is 0.0625. The van der Waals surface area contributed by atoms with E-state index in [1.807, 2.05) is 42.5 Å². The number of amides is 1. The van der Waals surface area contributed by atoms with Crippen LogP contribution in [0.1, 0.15) is 27.2 Å². The Morgan fingerprint density at radius 3 is 2.27 bits per heavy atom. The quantitative estimate of drug-likeness (QED) is 0.0989. The molecule has 0 fully saturated rings. The molecule has 0 spiro atoms. The van der Waals surface area contributed by atoms with Crippen molar-refractivity contribution < 1.29 is 13.9 Å². The zero-order chi connectivity index (χ0) is 28.1. The summed E-state index contributed by atoms with van der Waals surface area (Å²) in [6, 6.07) is 32.0. The number of aryl methyl sites for hydroxylation is 1. The number of nitrogens with zero attached hydrogens (tertiary/aromatic N) is 2. The summed E-state index contributed by atoms with van der Waals surface area (Å²) in [5, 5.41) is 4.16. The first-order valence-electron chi connectivity index (χ1n) is 12.4. The summed E-state index contributed by atoms with van der Waals surface area (Å²) in [6.45, 7) is 2.40. The molecule has 5 rings (SSSR count). The molecule has 5 aromatic rings. The average Bonchev–Trinajstić information content (AvgIpc) is 3.35. The highest BCUT2D eigenvalue weighted by molar-refractivity contribution is 14.1. The molecule has 0 aliphatic carbocycles. The second kappa shape index (κ2) is 12.8. The Morgan fingerprint density at radius 2 is 1.60 bits per heavy atom. The van der Waals surface area contributed by atoms with Gasteiger partial charge in [0.15, 0.2) is 0 Å². The number of nitrogens with one attached hydrogen (secondary N) is 1. The smallest absolute Gasteiger partial charge is 0.271 e. The van der Waals surface area contributed by atoms with E-state index in [0.717, 1.165) is 46.7 Å². The van der Waals surface area contributed by atoms with E-state index in [4.69, 9.17) is 4.74 Å². The second-order valence-electron chi connectivity index (χ2n) is 9.04. The number of hydrogen-bond donors (Lipinski definition) is 1. The second-order valence-corrected chi connectivity index (χ2v) is 11.4. The van der Waals surface area contributed by atoms with Gasteiger partial charge in [-0.05, 0) is 129 Å². The van der Waals surface area contributed by atoms with Crippen LogP contribution in [0.4, 0.5) is 4.39 Å². The van der Waals surface area contributed by atoms with Crippen molar-refractivity contribution >= 4 is 57.3 Å². The lowest BCUT2D eigenvalue weighted by atomic mass is 10.1. The molecule has 1 aromatic heterocycles. The summed E-state index contributed by atoms with van der Waals surface area (Å²) in [5.41, 5.74) is 9.15. The van der Waals surface area contributed by atoms with Gasteiger partial charge in [-0.15, -0.1) is 0 Å². The predicted molar refractivity (Wildman–Crippen MR) is 174 cm³/mol. The number of carbonyl (C=O) groups excluding carboxylic acids is 1. The summed E-state index contributed by atoms with van der Waals surface area (Å²) >= 11 is 4.42. The maximum atomic E-state index is 13.1. The van der Waals surface area contributed by atoms with Crippen molar-refractivity contribution in [3.05, 3.63) is 138 Å². The van der Waals surface area contributed by atoms with Crippen LogP contribution in [0.2, 0.25) is 0 Å². The molecule has 200 valence electrons. The molecule has 0 aliphatic rings. The Balaban J connectivity index is 1.23. The lowest BCUT2D eigenvalue weighted by Crippen LogP contribution is -2.17. The number of carbonyl (C=O) groups is 1. The zero-order valence-corrected chi connectivity index (χ0v) is 25.8. The fourth-order valence-electron chi connectivity index (χ4n) is 4.24. The van der Waals surface area contributed by atoms with Gasteiger partial charge in [0, 0.05) is 16.9 Å². The van der Waals surface area contributed by atoms with Crippen molar-refractivity contribution in [2.24, 2.45) is 5.10 Å². The van der Waals surface area contributed by atoms with E-state index in [2.05, 4.69) is 91.5 Å². The molecule has 0 radical (unpaired) electrons. The van der Waals surface area contributed by atoms with E-state index < -0.39 is 0 Å². The molecule has 1 heterocycles. The SMILES string of the molecule is Cc1ccc(-c2ccccc2)n1-c1ccc(C(=O)N/N=C/c2cc(I)c(OCc3ccc(F)cc3)c(I)c2)cc1. The van der Waals surface area contributed by atoms with Gasteiger partial charge in [-0.25, -0.2) is 9.82 Å². The summed E-state index contributed by atoms with van der Waals surface area (Å²) in [4.78, 5) is 12.7. The van der Waals surface area contributed by atoms with E-state index in [0.29, 0.717) is 12.2 Å². The van der Waals surface area contributed by atoms with E-state index in [-0.39, 0.29) is 11.7 Å². The third-order valence-corrected chi connectivity index (χ3v) is 7.83. The molecule has 0 aliphatic heterocycles. The van der Waals surface area contributed by atoms with Crippen LogP contribution < -0.4 is 10.2 Å². The third-order valence-electron chi connectivity index (χ3n) is 6.23. The Labute approximate surface area is 259 Å². The van der Waals surface area contributed by atoms with Gasteiger partial charge < -0.3 is 9.30 Å². The minimum absolute atomic E-state index is 0.273. The van der Waals surface area contributed by atoms with Gasteiger partial charge in [-0.2, -0.15) is 5.10 Å². The van der Waals surface area contributed by atoms with Crippen molar-refractivity contribution in [2.75, 3.05) is 0 Å². The zero-order valence-electron chi connectivity index (χ0n) is 21.4. The standard InChI is InChI=1S/C32H24FI2N3O2/c1-21-7-16-30(24-5-3-2-4-6-24)38(21)27-14-10-25(11-15-27)32(39)37-36-19-23-17-28(34)31(29(35)18-23)40-20-22-8-12-26(33)13-9-22/h2-19H,20H2,1H3,(H,37,39)/b36-19+. The van der Waals surface area contributed by atoms with Gasteiger partial charge in [0.2, 0.25) is 0 Å². The Hall–Kier alpha value is -3.51. The summed E-state index contributed by atoms with van der Waals surface area (Å²) in [7, 11) is 0. The molecule has 0 bridgehead atoms. The first-order valence-corrected chi connectivity index (χ1v) is 14.6. The molecule has 0 saturated carbocycles. The van der Waals surface area contributed by atoms with Gasteiger partial charge in [0.1, 0.15) is 18.2 Å². The Morgan fingerprint density at radius 1 is 0.925 bits per heavy atom. The lowest BCUT2D eigenvalue weighted by Gasteiger charge is -2.13. The van der Waals surface area contributed by atoms with Gasteiger partial charge in [-0.3, -0.25) is 4.79 Å². The van der Waals surface area contributed by atoms with Crippen molar-refractivity contribution in [2.45, 2.75) is 13.5 Å². The maximum Gasteiger partial charge on any atom is 0.271 e. The normalized spacial score (nSPS) is 11.1. The summed E-state index contributed by atoms with van der Waals surface area (Å²) < 4.78 is 23.1. The molecular weight excluding hydrogens is 731 g/mol. The lowest BCUT2D eigenvalue weighted by molar-refractivity contribution is 0.0955. The van der Waals surface area contributed by atoms with Crippen LogP contribution in [0, 0.1) is 19.9 Å². The first kappa shape index (κ1) is 28.0. The van der Waals surface area contributed by atoms with E-state index in [1.165, 1.54) is 12.1 Å². The number of benzene rings is 4. The Kier molecular flexibility index (Phi) is 8.95. The van der Waals surface area contributed by atoms with Crippen LogP contribution in [-0.4, -0.2) is 16.7 Å². The van der Waals surface area contributed by atoms with Gasteiger partial charge in [0.05, 0.1) is 19.0 Å². The Bertz CT molecular complexity index is 1640. The molecule has 8 heteroatoms. The third kappa shape index (κ3) is 6.61. The molecule has 4 aromatic carbocycles. The predicted octanol–water partition coefficient (Wildman–Crippen LogP) is 8.14. The molecule has 1 amide bonds. The van der Waals surface area contributed by atoms with Gasteiger partial charge >= 0.3 is 0 Å². The van der Waals surface area contributed by atoms with Crippen LogP contribution in [0.25, 0.3) is 16.9 Å². The largest absolute Gasteiger partial charge is 0.487 e. The van der Waals surface area contributed by atoms with Crippen LogP contribution in [0.3, 0.4) is 0 Å². The van der Waals surface area contributed by atoms with Crippen LogP contribution in [0.5, 0.6) is 5.75 Å². The molecule has 0 unspecified atom stereocenters. The number of rotatable bonds is 8. The molecule has 0 saturated heterocycles. The highest BCUT2D eigenvalue weighted by atomic mass is 127. The number of halogens is 3. The van der Waals surface area contributed by atoms with E-state index in [1.54, 1.807) is 30.5 Å². The van der Waals surface area contributed by atoms with Crippen molar-refractivity contribution in [1.82, 2.24) is 9.99 Å². The van der Waals surface area contributed by atoms with E-state index >= 15 is 0 Å². The molecular formula is C32H24FI2N3O2. The summed E-state index contributed by atoms with van der Waals surface area (Å²) in [6.07, 6.45) is 1.61. The molecule has 0 atom stereocenters. The van der Waals surface area contributed by atoms with Crippen molar-refractivity contribution in [3.63, 3.8) is 0 Å². The van der Waals surface area contributed by atoms with Crippen molar-refractivity contribution in [3.8, 4) is 22.7 Å².